The lowest BCUT2D eigenvalue weighted by Gasteiger charge is -2.08. The number of benzene rings is 7. The molecule has 0 fully saturated rings. The molecule has 2 nitrogen and oxygen atoms in total. The Bertz CT molecular complexity index is 2340. The molecule has 0 aliphatic carbocycles. The van der Waals surface area contributed by atoms with Gasteiger partial charge in [0.15, 0.2) is 0 Å². The van der Waals surface area contributed by atoms with E-state index >= 15 is 0 Å². The molecule has 0 amide bonds. The summed E-state index contributed by atoms with van der Waals surface area (Å²) < 4.78 is 4.70. The summed E-state index contributed by atoms with van der Waals surface area (Å²) >= 11 is 0. The molecule has 0 aliphatic rings. The van der Waals surface area contributed by atoms with Crippen molar-refractivity contribution in [3.05, 3.63) is 192 Å². The van der Waals surface area contributed by atoms with Crippen LogP contribution in [0.15, 0.2) is 170 Å². The van der Waals surface area contributed by atoms with Crippen LogP contribution in [-0.4, -0.2) is 9.13 Å². The molecular weight excluding hydrogens is 581 g/mol. The summed E-state index contributed by atoms with van der Waals surface area (Å²) in [6.45, 7) is 0. The summed E-state index contributed by atoms with van der Waals surface area (Å²) in [5.74, 6) is 0. The average molecular weight is 613 g/mol. The molecule has 0 unspecified atom stereocenters. The molecule has 7 aromatic carbocycles. The van der Waals surface area contributed by atoms with E-state index in [2.05, 4.69) is 203 Å². The zero-order valence-corrected chi connectivity index (χ0v) is 26.4. The van der Waals surface area contributed by atoms with Crippen molar-refractivity contribution in [3.8, 4) is 11.4 Å². The van der Waals surface area contributed by atoms with E-state index in [1.54, 1.807) is 0 Å². The smallest absolute Gasteiger partial charge is 0.0541 e. The zero-order valence-electron chi connectivity index (χ0n) is 26.4. The maximum Gasteiger partial charge on any atom is 0.0541 e. The van der Waals surface area contributed by atoms with Crippen LogP contribution in [0.4, 0.5) is 0 Å². The van der Waals surface area contributed by atoms with E-state index in [4.69, 9.17) is 0 Å². The van der Waals surface area contributed by atoms with Gasteiger partial charge in [-0.1, -0.05) is 146 Å². The first-order chi connectivity index (χ1) is 23.8. The van der Waals surface area contributed by atoms with Gasteiger partial charge in [0.1, 0.15) is 0 Å². The maximum absolute atomic E-state index is 2.35. The third-order valence-corrected chi connectivity index (χ3v) is 9.34. The molecule has 9 aromatic rings. The fraction of sp³-hybridized carbons (Fsp3) is 0. The minimum Gasteiger partial charge on any atom is -0.309 e. The summed E-state index contributed by atoms with van der Waals surface area (Å²) in [5.41, 5.74) is 12.0. The molecule has 2 aromatic heterocycles. The van der Waals surface area contributed by atoms with Crippen LogP contribution in [0.1, 0.15) is 22.3 Å². The molecule has 226 valence electrons. The largest absolute Gasteiger partial charge is 0.309 e. The number of aromatic nitrogens is 2. The molecular formula is C46H32N2. The van der Waals surface area contributed by atoms with Crippen molar-refractivity contribution in [2.45, 2.75) is 0 Å². The molecule has 0 N–H and O–H groups in total. The second kappa shape index (κ2) is 11.8. The first kappa shape index (κ1) is 27.9. The third kappa shape index (κ3) is 4.92. The minimum atomic E-state index is 1.17. The van der Waals surface area contributed by atoms with Gasteiger partial charge in [0.05, 0.1) is 22.1 Å². The van der Waals surface area contributed by atoms with Crippen molar-refractivity contribution in [2.75, 3.05) is 0 Å². The van der Waals surface area contributed by atoms with Crippen molar-refractivity contribution in [1.29, 1.82) is 0 Å². The fourth-order valence-electron chi connectivity index (χ4n) is 6.97. The van der Waals surface area contributed by atoms with Gasteiger partial charge >= 0.3 is 0 Å². The van der Waals surface area contributed by atoms with Crippen molar-refractivity contribution >= 4 is 67.9 Å². The molecule has 2 heterocycles. The Balaban J connectivity index is 0.902. The van der Waals surface area contributed by atoms with Crippen molar-refractivity contribution in [3.63, 3.8) is 0 Å². The van der Waals surface area contributed by atoms with Crippen LogP contribution < -0.4 is 0 Å². The maximum atomic E-state index is 2.35. The molecule has 0 saturated heterocycles. The lowest BCUT2D eigenvalue weighted by molar-refractivity contribution is 1.18. The van der Waals surface area contributed by atoms with Gasteiger partial charge in [-0.05, 0) is 70.8 Å². The lowest BCUT2D eigenvalue weighted by atomic mass is 10.1. The van der Waals surface area contributed by atoms with E-state index < -0.39 is 0 Å². The predicted octanol–water partition coefficient (Wildman–Crippen LogP) is 12.2. The Morgan fingerprint density at radius 2 is 0.479 bits per heavy atom. The van der Waals surface area contributed by atoms with Gasteiger partial charge < -0.3 is 9.13 Å². The first-order valence-corrected chi connectivity index (χ1v) is 16.4. The summed E-state index contributed by atoms with van der Waals surface area (Å²) in [6, 6.07) is 60.8. The van der Waals surface area contributed by atoms with Crippen LogP contribution >= 0.6 is 0 Å². The minimum absolute atomic E-state index is 1.17. The van der Waals surface area contributed by atoms with Crippen LogP contribution in [0.2, 0.25) is 0 Å². The second-order valence-corrected chi connectivity index (χ2v) is 12.3. The Morgan fingerprint density at radius 3 is 0.750 bits per heavy atom. The molecule has 0 atom stereocenters. The van der Waals surface area contributed by atoms with E-state index in [0.29, 0.717) is 0 Å². The molecule has 0 aliphatic heterocycles. The highest BCUT2D eigenvalue weighted by Gasteiger charge is 2.12. The standard InChI is InChI=1S/C46H32N2/c1-5-13-43-39(9-1)40-10-2-6-14-44(40)47(43)37-29-25-35(26-30-37)23-21-33-17-19-34(20-18-33)22-24-36-27-31-38(32-28-36)48-45-15-7-3-11-41(45)42-12-4-8-16-46(42)48/h1-32H. The van der Waals surface area contributed by atoms with Crippen molar-refractivity contribution in [1.82, 2.24) is 9.13 Å². The van der Waals surface area contributed by atoms with Crippen molar-refractivity contribution in [2.24, 2.45) is 0 Å². The summed E-state index contributed by atoms with van der Waals surface area (Å²) in [4.78, 5) is 0. The first-order valence-electron chi connectivity index (χ1n) is 16.4. The Labute approximate surface area is 279 Å². The second-order valence-electron chi connectivity index (χ2n) is 12.3. The Hall–Kier alpha value is -6.38. The summed E-state index contributed by atoms with van der Waals surface area (Å²) in [7, 11) is 0. The number of fused-ring (bicyclic) bond motifs is 6. The monoisotopic (exact) mass is 612 g/mol. The van der Waals surface area contributed by atoms with Crippen LogP contribution in [0.5, 0.6) is 0 Å². The Kier molecular flexibility index (Phi) is 6.84. The van der Waals surface area contributed by atoms with Gasteiger partial charge in [0, 0.05) is 32.9 Å². The fourth-order valence-corrected chi connectivity index (χ4v) is 6.97. The van der Waals surface area contributed by atoms with Crippen LogP contribution in [0.25, 0.3) is 79.3 Å². The molecule has 2 heteroatoms. The van der Waals surface area contributed by atoms with E-state index in [-0.39, 0.29) is 0 Å². The van der Waals surface area contributed by atoms with Crippen molar-refractivity contribution < 1.29 is 0 Å². The molecule has 0 spiro atoms. The SMILES string of the molecule is C(=Cc1ccc(-n2c3ccccc3c3ccccc32)cc1)c1ccc(C=Cc2ccc(-n3c4ccccc4c4ccccc43)cc2)cc1. The third-order valence-electron chi connectivity index (χ3n) is 9.34. The predicted molar refractivity (Wildman–Crippen MR) is 206 cm³/mol. The van der Waals surface area contributed by atoms with E-state index in [9.17, 15) is 0 Å². The number of hydrogen-bond acceptors (Lipinski definition) is 0. The van der Waals surface area contributed by atoms with Gasteiger partial charge in [-0.25, -0.2) is 0 Å². The van der Waals surface area contributed by atoms with Crippen LogP contribution in [0, 0.1) is 0 Å². The summed E-state index contributed by atoms with van der Waals surface area (Å²) in [6.07, 6.45) is 8.71. The topological polar surface area (TPSA) is 9.86 Å². The Morgan fingerprint density at radius 1 is 0.250 bits per heavy atom. The number of hydrogen-bond donors (Lipinski definition) is 0. The molecule has 0 radical (unpaired) electrons. The summed E-state index contributed by atoms with van der Waals surface area (Å²) in [5, 5.41) is 5.13. The van der Waals surface area contributed by atoms with E-state index in [0.717, 1.165) is 0 Å². The van der Waals surface area contributed by atoms with Crippen LogP contribution in [0.3, 0.4) is 0 Å². The molecule has 9 rings (SSSR count). The molecule has 0 saturated carbocycles. The van der Waals surface area contributed by atoms with E-state index in [1.165, 1.54) is 77.2 Å². The van der Waals surface area contributed by atoms with E-state index in [1.807, 2.05) is 0 Å². The molecule has 0 bridgehead atoms. The highest BCUT2D eigenvalue weighted by molar-refractivity contribution is 6.10. The number of nitrogens with zero attached hydrogens (tertiary/aromatic N) is 2. The average Bonchev–Trinajstić information content (AvgIpc) is 3.67. The normalized spacial score (nSPS) is 12.0. The van der Waals surface area contributed by atoms with Crippen LogP contribution in [-0.2, 0) is 0 Å². The van der Waals surface area contributed by atoms with Gasteiger partial charge in [-0.3, -0.25) is 0 Å². The number of para-hydroxylation sites is 4. The zero-order chi connectivity index (χ0) is 31.9. The highest BCUT2D eigenvalue weighted by atomic mass is 15.0. The van der Waals surface area contributed by atoms with Gasteiger partial charge in [0.2, 0.25) is 0 Å². The quantitative estimate of drug-likeness (QED) is 0.165. The highest BCUT2D eigenvalue weighted by Crippen LogP contribution is 2.33. The molecule has 48 heavy (non-hydrogen) atoms. The van der Waals surface area contributed by atoms with Gasteiger partial charge in [0.25, 0.3) is 0 Å². The van der Waals surface area contributed by atoms with Gasteiger partial charge in [-0.15, -0.1) is 0 Å². The number of rotatable bonds is 6. The lowest BCUT2D eigenvalue weighted by Crippen LogP contribution is -1.93. The van der Waals surface area contributed by atoms with Gasteiger partial charge in [-0.2, -0.15) is 0 Å².